The number of halogens is 6. The van der Waals surface area contributed by atoms with Gasteiger partial charge in [-0.15, -0.1) is 0 Å². The van der Waals surface area contributed by atoms with Gasteiger partial charge in [-0.05, 0) is 14.0 Å². The van der Waals surface area contributed by atoms with E-state index in [1.807, 2.05) is 0 Å². The number of likely N-dealkylation sites (N-methyl/N-ethyl adjacent to an activating group) is 1. The van der Waals surface area contributed by atoms with Crippen molar-refractivity contribution in [2.24, 2.45) is 0 Å². The summed E-state index contributed by atoms with van der Waals surface area (Å²) in [5, 5.41) is 8.42. The second-order valence-corrected chi connectivity index (χ2v) is 3.73. The summed E-state index contributed by atoms with van der Waals surface area (Å²) in [6.45, 7) is -1.58. The molecule has 0 saturated heterocycles. The van der Waals surface area contributed by atoms with E-state index < -0.39 is 30.9 Å². The molecule has 1 atom stereocenters. The fourth-order valence-electron chi connectivity index (χ4n) is 1.15. The van der Waals surface area contributed by atoms with Gasteiger partial charge in [0.2, 0.25) is 0 Å². The second kappa shape index (κ2) is 4.79. The lowest BCUT2D eigenvalue weighted by molar-refractivity contribution is -0.325. The van der Waals surface area contributed by atoms with Crippen LogP contribution in [0.15, 0.2) is 0 Å². The molecule has 98 valence electrons. The number of aliphatic hydroxyl groups excluding tert-OH is 1. The first kappa shape index (κ1) is 15.5. The molecule has 0 aromatic carbocycles. The average molecular weight is 253 g/mol. The molecule has 0 bridgehead atoms. The molecule has 8 heteroatoms. The number of hydrogen-bond donors (Lipinski definition) is 1. The predicted molar refractivity (Wildman–Crippen MR) is 45.1 cm³/mol. The van der Waals surface area contributed by atoms with Crippen molar-refractivity contribution in [2.75, 3.05) is 26.7 Å². The summed E-state index contributed by atoms with van der Waals surface area (Å²) in [6.07, 6.45) is -5.93. The number of alkyl halides is 6. The highest BCUT2D eigenvalue weighted by Gasteiger charge is 2.69. The van der Waals surface area contributed by atoms with E-state index in [2.05, 4.69) is 0 Å². The van der Waals surface area contributed by atoms with E-state index >= 15 is 0 Å². The fourth-order valence-corrected chi connectivity index (χ4v) is 1.15. The summed E-state index contributed by atoms with van der Waals surface area (Å²) in [5.74, 6) is -5.43. The van der Waals surface area contributed by atoms with Crippen LogP contribution < -0.4 is 0 Å². The number of rotatable bonds is 5. The van der Waals surface area contributed by atoms with Crippen molar-refractivity contribution in [3.05, 3.63) is 0 Å². The van der Waals surface area contributed by atoms with Gasteiger partial charge in [0, 0.05) is 13.1 Å². The van der Waals surface area contributed by atoms with Gasteiger partial charge in [0.15, 0.2) is 5.67 Å². The molecule has 0 radical (unpaired) electrons. The number of hydrogen-bond acceptors (Lipinski definition) is 2. The maximum Gasteiger partial charge on any atom is 0.456 e. The molecule has 0 spiro atoms. The highest BCUT2D eigenvalue weighted by molar-refractivity contribution is 4.97. The van der Waals surface area contributed by atoms with Crippen LogP contribution in [0.5, 0.6) is 0 Å². The van der Waals surface area contributed by atoms with Crippen LogP contribution >= 0.6 is 0 Å². The molecule has 0 aromatic heterocycles. The molecular weight excluding hydrogens is 240 g/mol. The van der Waals surface area contributed by atoms with Gasteiger partial charge in [-0.3, -0.25) is 0 Å². The van der Waals surface area contributed by atoms with Gasteiger partial charge in [0.1, 0.15) is 0 Å². The van der Waals surface area contributed by atoms with Crippen molar-refractivity contribution in [3.8, 4) is 0 Å². The van der Waals surface area contributed by atoms with Gasteiger partial charge in [-0.25, -0.2) is 4.39 Å². The summed E-state index contributed by atoms with van der Waals surface area (Å²) < 4.78 is 74.5. The van der Waals surface area contributed by atoms with Gasteiger partial charge in [-0.1, -0.05) is 0 Å². The first-order valence-electron chi connectivity index (χ1n) is 4.38. The zero-order valence-electron chi connectivity index (χ0n) is 8.78. The zero-order chi connectivity index (χ0) is 13.2. The molecule has 16 heavy (non-hydrogen) atoms. The van der Waals surface area contributed by atoms with Crippen molar-refractivity contribution in [3.63, 3.8) is 0 Å². The monoisotopic (exact) mass is 253 g/mol. The largest absolute Gasteiger partial charge is 0.456 e. The minimum Gasteiger partial charge on any atom is -0.395 e. The third-order valence-corrected chi connectivity index (χ3v) is 2.06. The molecule has 0 amide bonds. The van der Waals surface area contributed by atoms with Crippen LogP contribution in [-0.2, 0) is 0 Å². The molecule has 0 heterocycles. The van der Waals surface area contributed by atoms with E-state index in [1.54, 1.807) is 0 Å². The number of nitrogens with zero attached hydrogens (tertiary/aromatic N) is 1. The molecule has 0 fully saturated rings. The maximum atomic E-state index is 13.3. The Labute approximate surface area is 88.8 Å². The Kier molecular flexibility index (Phi) is 4.64. The SMILES string of the molecule is CN(CCO)CC(C)(F)C(F)(F)C(F)(F)F. The van der Waals surface area contributed by atoms with E-state index in [9.17, 15) is 26.3 Å². The van der Waals surface area contributed by atoms with Crippen molar-refractivity contribution < 1.29 is 31.4 Å². The van der Waals surface area contributed by atoms with Crippen LogP contribution in [0.4, 0.5) is 26.3 Å². The highest BCUT2D eigenvalue weighted by Crippen LogP contribution is 2.45. The van der Waals surface area contributed by atoms with Crippen LogP contribution in [0, 0.1) is 0 Å². The molecule has 1 N–H and O–H groups in total. The van der Waals surface area contributed by atoms with Gasteiger partial charge in [-0.2, -0.15) is 22.0 Å². The van der Waals surface area contributed by atoms with Crippen molar-refractivity contribution in [2.45, 2.75) is 24.7 Å². The average Bonchev–Trinajstić information content (AvgIpc) is 2.00. The first-order valence-corrected chi connectivity index (χ1v) is 4.38. The molecule has 1 unspecified atom stereocenters. The smallest absolute Gasteiger partial charge is 0.395 e. The lowest BCUT2D eigenvalue weighted by atomic mass is 9.99. The quantitative estimate of drug-likeness (QED) is 0.756. The Morgan fingerprint density at radius 2 is 1.50 bits per heavy atom. The van der Waals surface area contributed by atoms with Crippen LogP contribution in [0.1, 0.15) is 6.92 Å². The van der Waals surface area contributed by atoms with E-state index in [0.29, 0.717) is 0 Å². The number of aliphatic hydroxyl groups is 1. The Hall–Kier alpha value is -0.500. The Morgan fingerprint density at radius 3 is 1.81 bits per heavy atom. The van der Waals surface area contributed by atoms with Gasteiger partial charge in [0.25, 0.3) is 0 Å². The third kappa shape index (κ3) is 3.24. The van der Waals surface area contributed by atoms with Crippen LogP contribution in [0.25, 0.3) is 0 Å². The lowest BCUT2D eigenvalue weighted by Crippen LogP contribution is -2.57. The topological polar surface area (TPSA) is 23.5 Å². The Balaban J connectivity index is 4.77. The standard InChI is InChI=1S/C8H13F6NO/c1-6(9,5-15(2)3-4-16)7(10,11)8(12,13)14/h16H,3-5H2,1-2H3. The molecule has 0 aliphatic heterocycles. The zero-order valence-corrected chi connectivity index (χ0v) is 8.78. The molecule has 0 aliphatic carbocycles. The molecule has 2 nitrogen and oxygen atoms in total. The van der Waals surface area contributed by atoms with E-state index in [4.69, 9.17) is 5.11 Å². The van der Waals surface area contributed by atoms with E-state index in [0.717, 1.165) is 11.9 Å². The summed E-state index contributed by atoms with van der Waals surface area (Å²) in [7, 11) is 1.14. The van der Waals surface area contributed by atoms with E-state index in [1.165, 1.54) is 0 Å². The van der Waals surface area contributed by atoms with E-state index in [-0.39, 0.29) is 13.5 Å². The first-order chi connectivity index (χ1) is 6.95. The highest BCUT2D eigenvalue weighted by atomic mass is 19.4. The van der Waals surface area contributed by atoms with Gasteiger partial charge >= 0.3 is 12.1 Å². The molecule has 0 aliphatic rings. The van der Waals surface area contributed by atoms with Crippen molar-refractivity contribution in [1.82, 2.24) is 4.90 Å². The minimum atomic E-state index is -5.93. The fraction of sp³-hybridized carbons (Fsp3) is 1.00. The van der Waals surface area contributed by atoms with Crippen molar-refractivity contribution in [1.29, 1.82) is 0 Å². The van der Waals surface area contributed by atoms with Gasteiger partial charge in [0.05, 0.1) is 6.61 Å². The van der Waals surface area contributed by atoms with Crippen LogP contribution in [0.3, 0.4) is 0 Å². The summed E-state index contributed by atoms with van der Waals surface area (Å²) in [5.41, 5.74) is -3.74. The lowest BCUT2D eigenvalue weighted by Gasteiger charge is -2.34. The van der Waals surface area contributed by atoms with Gasteiger partial charge < -0.3 is 10.0 Å². The summed E-state index contributed by atoms with van der Waals surface area (Å²) in [6, 6.07) is 0. The third-order valence-electron chi connectivity index (χ3n) is 2.06. The summed E-state index contributed by atoms with van der Waals surface area (Å²) in [4.78, 5) is 0.861. The van der Waals surface area contributed by atoms with Crippen molar-refractivity contribution >= 4 is 0 Å². The normalized spacial score (nSPS) is 17.6. The Morgan fingerprint density at radius 1 is 1.06 bits per heavy atom. The maximum absolute atomic E-state index is 13.3. The molecule has 0 aromatic rings. The predicted octanol–water partition coefficient (Wildman–Crippen LogP) is 1.84. The Bertz CT molecular complexity index is 227. The summed E-state index contributed by atoms with van der Waals surface area (Å²) >= 11 is 0. The van der Waals surface area contributed by atoms with Crippen LogP contribution in [0.2, 0.25) is 0 Å². The second-order valence-electron chi connectivity index (χ2n) is 3.73. The minimum absolute atomic E-state index is 0.187. The molecular formula is C8H13F6NO. The molecule has 0 rings (SSSR count). The molecule has 0 saturated carbocycles. The van der Waals surface area contributed by atoms with Crippen LogP contribution in [-0.4, -0.2) is 54.5 Å².